The number of rotatable bonds is 4. The fraction of sp³-hybridized carbons (Fsp3) is 0.611. The summed E-state index contributed by atoms with van der Waals surface area (Å²) in [5.74, 6) is 2.72. The third kappa shape index (κ3) is 3.54. The molecule has 126 valence electrons. The average molecular weight is 318 g/mol. The molecule has 1 aromatic carbocycles. The minimum Gasteiger partial charge on any atom is -0.454 e. The first-order valence-electron chi connectivity index (χ1n) is 8.51. The molecule has 0 radical (unpaired) electrons. The van der Waals surface area contributed by atoms with Crippen LogP contribution in [0.3, 0.4) is 0 Å². The van der Waals surface area contributed by atoms with Crippen molar-refractivity contribution in [3.05, 3.63) is 18.2 Å². The predicted molar refractivity (Wildman–Crippen MR) is 89.8 cm³/mol. The van der Waals surface area contributed by atoms with Crippen molar-refractivity contribution >= 4 is 11.6 Å². The largest absolute Gasteiger partial charge is 0.454 e. The van der Waals surface area contributed by atoms with Crippen LogP contribution in [-0.4, -0.2) is 24.8 Å². The van der Waals surface area contributed by atoms with E-state index in [1.54, 1.807) is 0 Å². The molecule has 1 aliphatic carbocycles. The smallest absolute Gasteiger partial charge is 0.242 e. The van der Waals surface area contributed by atoms with E-state index < -0.39 is 0 Å². The molecule has 0 aromatic heterocycles. The fourth-order valence-corrected chi connectivity index (χ4v) is 3.40. The molecule has 2 N–H and O–H groups in total. The Labute approximate surface area is 137 Å². The van der Waals surface area contributed by atoms with Gasteiger partial charge in [-0.2, -0.15) is 0 Å². The van der Waals surface area contributed by atoms with E-state index in [2.05, 4.69) is 24.5 Å². The second kappa shape index (κ2) is 6.69. The molecule has 23 heavy (non-hydrogen) atoms. The highest BCUT2D eigenvalue weighted by molar-refractivity contribution is 5.84. The number of hydrogen-bond acceptors (Lipinski definition) is 4. The van der Waals surface area contributed by atoms with E-state index in [0.717, 1.165) is 23.6 Å². The van der Waals surface area contributed by atoms with Crippen molar-refractivity contribution < 1.29 is 14.3 Å². The zero-order valence-corrected chi connectivity index (χ0v) is 14.1. The van der Waals surface area contributed by atoms with Crippen molar-refractivity contribution in [3.63, 3.8) is 0 Å². The number of nitrogens with one attached hydrogen (secondary N) is 2. The highest BCUT2D eigenvalue weighted by Gasteiger charge is 2.29. The van der Waals surface area contributed by atoms with Gasteiger partial charge in [0.15, 0.2) is 11.5 Å². The van der Waals surface area contributed by atoms with Gasteiger partial charge in [-0.15, -0.1) is 0 Å². The van der Waals surface area contributed by atoms with Crippen molar-refractivity contribution in [3.8, 4) is 11.5 Å². The summed E-state index contributed by atoms with van der Waals surface area (Å²) in [5, 5.41) is 6.45. The third-order valence-corrected chi connectivity index (χ3v) is 5.18. The molecule has 5 nitrogen and oxygen atoms in total. The fourth-order valence-electron chi connectivity index (χ4n) is 3.40. The Balaban J connectivity index is 1.57. The van der Waals surface area contributed by atoms with Gasteiger partial charge in [-0.1, -0.05) is 26.7 Å². The van der Waals surface area contributed by atoms with Crippen LogP contribution in [0.4, 0.5) is 5.69 Å². The van der Waals surface area contributed by atoms with E-state index in [9.17, 15) is 4.79 Å². The summed E-state index contributed by atoms with van der Waals surface area (Å²) in [6, 6.07) is 5.63. The zero-order chi connectivity index (χ0) is 16.4. The summed E-state index contributed by atoms with van der Waals surface area (Å²) in [5.41, 5.74) is 0.863. The molecule has 1 amide bonds. The van der Waals surface area contributed by atoms with Gasteiger partial charge in [0.25, 0.3) is 0 Å². The molecular formula is C18H26N2O3. The lowest BCUT2D eigenvalue weighted by Crippen LogP contribution is -2.48. The van der Waals surface area contributed by atoms with Gasteiger partial charge in [0.1, 0.15) is 6.04 Å². The second-order valence-corrected chi connectivity index (χ2v) is 6.82. The topological polar surface area (TPSA) is 59.6 Å². The maximum Gasteiger partial charge on any atom is 0.242 e. The third-order valence-electron chi connectivity index (χ3n) is 5.18. The van der Waals surface area contributed by atoms with Crippen molar-refractivity contribution in [1.29, 1.82) is 0 Å². The maximum absolute atomic E-state index is 12.5. The van der Waals surface area contributed by atoms with Gasteiger partial charge in [-0.05, 0) is 37.3 Å². The summed E-state index contributed by atoms with van der Waals surface area (Å²) < 4.78 is 10.7. The molecule has 1 saturated carbocycles. The average Bonchev–Trinajstić information content (AvgIpc) is 2.99. The zero-order valence-electron chi connectivity index (χ0n) is 14.1. The first-order chi connectivity index (χ1) is 11.0. The molecular weight excluding hydrogens is 292 g/mol. The van der Waals surface area contributed by atoms with Gasteiger partial charge in [0.05, 0.1) is 0 Å². The first kappa shape index (κ1) is 16.0. The molecule has 1 aromatic rings. The summed E-state index contributed by atoms with van der Waals surface area (Å²) >= 11 is 0. The summed E-state index contributed by atoms with van der Waals surface area (Å²) in [7, 11) is 0. The van der Waals surface area contributed by atoms with Crippen molar-refractivity contribution in [2.75, 3.05) is 12.1 Å². The van der Waals surface area contributed by atoms with Gasteiger partial charge in [-0.3, -0.25) is 4.79 Å². The Bertz CT molecular complexity index is 575. The molecule has 0 spiro atoms. The molecule has 0 bridgehead atoms. The lowest BCUT2D eigenvalue weighted by Gasteiger charge is -2.35. The van der Waals surface area contributed by atoms with Crippen LogP contribution < -0.4 is 20.1 Å². The van der Waals surface area contributed by atoms with Crippen LogP contribution in [0, 0.1) is 11.8 Å². The number of fused-ring (bicyclic) bond motifs is 1. The van der Waals surface area contributed by atoms with Gasteiger partial charge in [-0.25, -0.2) is 0 Å². The standard InChI is InChI=1S/C18H26N2O3/c1-11-5-4-6-15(12(11)2)20-18(21)13(3)19-14-7-8-16-17(9-14)23-10-22-16/h7-9,11-13,15,19H,4-6,10H2,1-3H3,(H,20,21)/t11-,12+,13+,15-/m1/s1. The Morgan fingerprint density at radius 3 is 2.83 bits per heavy atom. The van der Waals surface area contributed by atoms with E-state index in [-0.39, 0.29) is 24.8 Å². The lowest BCUT2D eigenvalue weighted by molar-refractivity contribution is -0.122. The minimum absolute atomic E-state index is 0.0496. The Kier molecular flexibility index (Phi) is 4.64. The van der Waals surface area contributed by atoms with Gasteiger partial charge >= 0.3 is 0 Å². The van der Waals surface area contributed by atoms with Gasteiger partial charge in [0, 0.05) is 17.8 Å². The Morgan fingerprint density at radius 2 is 2.00 bits per heavy atom. The SMILES string of the molecule is C[C@H]1[C@H](C)CCC[C@H]1NC(=O)[C@H](C)Nc1ccc2c(c1)OCO2. The highest BCUT2D eigenvalue weighted by Crippen LogP contribution is 2.34. The number of benzene rings is 1. The van der Waals surface area contributed by atoms with Crippen molar-refractivity contribution in [2.45, 2.75) is 52.1 Å². The normalized spacial score (nSPS) is 27.3. The van der Waals surface area contributed by atoms with Crippen LogP contribution in [0.5, 0.6) is 11.5 Å². The molecule has 3 rings (SSSR count). The molecule has 1 fully saturated rings. The van der Waals surface area contributed by atoms with Gasteiger partial charge < -0.3 is 20.1 Å². The van der Waals surface area contributed by atoms with Crippen LogP contribution in [0.1, 0.15) is 40.0 Å². The molecule has 1 heterocycles. The van der Waals surface area contributed by atoms with Crippen LogP contribution >= 0.6 is 0 Å². The van der Waals surface area contributed by atoms with E-state index in [1.807, 2.05) is 25.1 Å². The number of carbonyl (C=O) groups is 1. The number of hydrogen-bond donors (Lipinski definition) is 2. The lowest BCUT2D eigenvalue weighted by atomic mass is 9.78. The molecule has 5 heteroatoms. The number of amides is 1. The summed E-state index contributed by atoms with van der Waals surface area (Å²) in [6.07, 6.45) is 3.53. The van der Waals surface area contributed by atoms with Crippen molar-refractivity contribution in [1.82, 2.24) is 5.32 Å². The molecule has 2 aliphatic rings. The second-order valence-electron chi connectivity index (χ2n) is 6.82. The monoisotopic (exact) mass is 318 g/mol. The number of ether oxygens (including phenoxy) is 2. The number of anilines is 1. The van der Waals surface area contributed by atoms with Gasteiger partial charge in [0.2, 0.25) is 12.7 Å². The van der Waals surface area contributed by atoms with E-state index >= 15 is 0 Å². The molecule has 0 unspecified atom stereocenters. The highest BCUT2D eigenvalue weighted by atomic mass is 16.7. The maximum atomic E-state index is 12.5. The molecule has 0 saturated heterocycles. The van der Waals surface area contributed by atoms with Crippen LogP contribution in [0.15, 0.2) is 18.2 Å². The van der Waals surface area contributed by atoms with E-state index in [0.29, 0.717) is 11.8 Å². The van der Waals surface area contributed by atoms with Crippen LogP contribution in [0.25, 0.3) is 0 Å². The number of carbonyl (C=O) groups excluding carboxylic acids is 1. The molecule has 1 aliphatic heterocycles. The minimum atomic E-state index is -0.292. The molecule has 4 atom stereocenters. The summed E-state index contributed by atoms with van der Waals surface area (Å²) in [6.45, 7) is 6.66. The first-order valence-corrected chi connectivity index (χ1v) is 8.51. The Morgan fingerprint density at radius 1 is 1.22 bits per heavy atom. The predicted octanol–water partition coefficient (Wildman–Crippen LogP) is 3.16. The van der Waals surface area contributed by atoms with Crippen LogP contribution in [0.2, 0.25) is 0 Å². The van der Waals surface area contributed by atoms with E-state index in [1.165, 1.54) is 12.8 Å². The quantitative estimate of drug-likeness (QED) is 0.895. The Hall–Kier alpha value is -1.91. The van der Waals surface area contributed by atoms with E-state index in [4.69, 9.17) is 9.47 Å². The van der Waals surface area contributed by atoms with Crippen LogP contribution in [-0.2, 0) is 4.79 Å². The summed E-state index contributed by atoms with van der Waals surface area (Å²) in [4.78, 5) is 12.5. The van der Waals surface area contributed by atoms with Crippen molar-refractivity contribution in [2.24, 2.45) is 11.8 Å².